The summed E-state index contributed by atoms with van der Waals surface area (Å²) in [6, 6.07) is 15.2. The Hall–Kier alpha value is -2.30. The third-order valence-corrected chi connectivity index (χ3v) is 3.52. The fourth-order valence-electron chi connectivity index (χ4n) is 2.16. The van der Waals surface area contributed by atoms with E-state index in [9.17, 15) is 0 Å². The molecule has 5 heteroatoms. The van der Waals surface area contributed by atoms with Gasteiger partial charge in [-0.3, -0.25) is 10.8 Å². The number of nitrogens with one attached hydrogen (secondary N) is 1. The second-order valence-electron chi connectivity index (χ2n) is 4.56. The molecule has 0 fully saturated rings. The summed E-state index contributed by atoms with van der Waals surface area (Å²) >= 11 is 6.20. The molecule has 1 aromatic heterocycles. The molecule has 3 aromatic rings. The van der Waals surface area contributed by atoms with E-state index in [2.05, 4.69) is 10.4 Å². The highest BCUT2D eigenvalue weighted by Crippen LogP contribution is 2.31. The maximum atomic E-state index is 6.20. The van der Waals surface area contributed by atoms with E-state index in [0.29, 0.717) is 11.6 Å². The van der Waals surface area contributed by atoms with Crippen molar-refractivity contribution in [1.29, 1.82) is 0 Å². The van der Waals surface area contributed by atoms with E-state index in [1.807, 2.05) is 42.5 Å². The van der Waals surface area contributed by atoms with Crippen molar-refractivity contribution in [2.75, 3.05) is 5.43 Å². The highest BCUT2D eigenvalue weighted by Gasteiger charge is 2.06. The number of aromatic nitrogens is 1. The number of nitrogens with zero attached hydrogens (tertiary/aromatic N) is 1. The van der Waals surface area contributed by atoms with E-state index in [4.69, 9.17) is 22.2 Å². The van der Waals surface area contributed by atoms with Crippen LogP contribution in [0.15, 0.2) is 54.7 Å². The molecular weight excluding hydrogens is 286 g/mol. The largest absolute Gasteiger partial charge is 0.487 e. The van der Waals surface area contributed by atoms with E-state index in [0.717, 1.165) is 27.9 Å². The first kappa shape index (κ1) is 13.7. The smallest absolute Gasteiger partial charge is 0.130 e. The fraction of sp³-hybridized carbons (Fsp3) is 0.0625. The maximum Gasteiger partial charge on any atom is 0.130 e. The van der Waals surface area contributed by atoms with Crippen LogP contribution in [0.5, 0.6) is 5.75 Å². The Morgan fingerprint density at radius 2 is 1.90 bits per heavy atom. The Morgan fingerprint density at radius 1 is 1.10 bits per heavy atom. The average molecular weight is 300 g/mol. The van der Waals surface area contributed by atoms with Gasteiger partial charge in [-0.15, -0.1) is 0 Å². The third kappa shape index (κ3) is 2.91. The summed E-state index contributed by atoms with van der Waals surface area (Å²) in [5.41, 5.74) is 4.18. The number of benzene rings is 2. The molecule has 0 unspecified atom stereocenters. The monoisotopic (exact) mass is 299 g/mol. The normalized spacial score (nSPS) is 10.6. The molecule has 0 aliphatic carbocycles. The van der Waals surface area contributed by atoms with Gasteiger partial charge in [0.2, 0.25) is 0 Å². The predicted molar refractivity (Wildman–Crippen MR) is 85.3 cm³/mol. The van der Waals surface area contributed by atoms with Gasteiger partial charge in [-0.05, 0) is 24.3 Å². The Labute approximate surface area is 127 Å². The number of anilines is 1. The molecule has 0 spiro atoms. The molecule has 0 bridgehead atoms. The first-order valence-corrected chi connectivity index (χ1v) is 6.87. The van der Waals surface area contributed by atoms with Crippen LogP contribution >= 0.6 is 11.6 Å². The van der Waals surface area contributed by atoms with Gasteiger partial charge >= 0.3 is 0 Å². The standard InChI is InChI=1S/C16H14ClN3O/c17-15-5-6-16(14-4-2-1-3-13(14)15)21-10-12-9-11(20-18)7-8-19-12/h1-9H,10,18H2,(H,19,20). The number of halogens is 1. The molecule has 0 aliphatic heterocycles. The number of ether oxygens (including phenoxy) is 1. The molecule has 21 heavy (non-hydrogen) atoms. The molecule has 0 amide bonds. The van der Waals surface area contributed by atoms with E-state index >= 15 is 0 Å². The number of nitrogen functional groups attached to an aromatic ring is 1. The van der Waals surface area contributed by atoms with E-state index in [-0.39, 0.29) is 0 Å². The van der Waals surface area contributed by atoms with Crippen LogP contribution < -0.4 is 16.0 Å². The number of hydrazine groups is 1. The number of hydrogen-bond acceptors (Lipinski definition) is 4. The van der Waals surface area contributed by atoms with Crippen LogP contribution in [0.1, 0.15) is 5.69 Å². The van der Waals surface area contributed by atoms with E-state index < -0.39 is 0 Å². The third-order valence-electron chi connectivity index (χ3n) is 3.19. The molecule has 3 rings (SSSR count). The molecule has 0 aliphatic rings. The fourth-order valence-corrected chi connectivity index (χ4v) is 2.39. The van der Waals surface area contributed by atoms with E-state index in [1.54, 1.807) is 12.3 Å². The lowest BCUT2D eigenvalue weighted by Gasteiger charge is -2.10. The first-order chi connectivity index (χ1) is 10.3. The molecule has 0 atom stereocenters. The number of nitrogens with two attached hydrogens (primary N) is 1. The molecule has 3 N–H and O–H groups in total. The Bertz CT molecular complexity index is 776. The summed E-state index contributed by atoms with van der Waals surface area (Å²) in [6.07, 6.45) is 1.69. The lowest BCUT2D eigenvalue weighted by Crippen LogP contribution is -2.08. The van der Waals surface area contributed by atoms with Gasteiger partial charge in [-0.2, -0.15) is 0 Å². The molecule has 0 saturated heterocycles. The summed E-state index contributed by atoms with van der Waals surface area (Å²) in [7, 11) is 0. The van der Waals surface area contributed by atoms with Crippen LogP contribution in [-0.2, 0) is 6.61 Å². The second kappa shape index (κ2) is 5.99. The summed E-state index contributed by atoms with van der Waals surface area (Å²) in [5.74, 6) is 6.16. The molecule has 0 saturated carbocycles. The van der Waals surface area contributed by atoms with Crippen molar-refractivity contribution in [2.45, 2.75) is 6.61 Å². The van der Waals surface area contributed by atoms with Gasteiger partial charge < -0.3 is 10.2 Å². The minimum absolute atomic E-state index is 0.362. The molecule has 1 heterocycles. The Kier molecular flexibility index (Phi) is 3.90. The minimum Gasteiger partial charge on any atom is -0.487 e. The van der Waals surface area contributed by atoms with Crippen molar-refractivity contribution in [2.24, 2.45) is 5.84 Å². The van der Waals surface area contributed by atoms with Gasteiger partial charge in [-0.1, -0.05) is 35.9 Å². The summed E-state index contributed by atoms with van der Waals surface area (Å²) < 4.78 is 5.87. The predicted octanol–water partition coefficient (Wildman–Crippen LogP) is 3.75. The van der Waals surface area contributed by atoms with Crippen molar-refractivity contribution >= 4 is 28.1 Å². The number of pyridine rings is 1. The van der Waals surface area contributed by atoms with Crippen molar-refractivity contribution in [3.63, 3.8) is 0 Å². The molecule has 106 valence electrons. The lowest BCUT2D eigenvalue weighted by atomic mass is 10.1. The maximum absolute atomic E-state index is 6.20. The van der Waals surface area contributed by atoms with Crippen molar-refractivity contribution in [3.8, 4) is 5.75 Å². The summed E-state index contributed by atoms with van der Waals surface area (Å²) in [5, 5.41) is 2.67. The SMILES string of the molecule is NNc1ccnc(COc2ccc(Cl)c3ccccc23)c1. The van der Waals surface area contributed by atoms with Gasteiger partial charge in [0.1, 0.15) is 12.4 Å². The molecular formula is C16H14ClN3O. The van der Waals surface area contributed by atoms with Crippen LogP contribution in [0.2, 0.25) is 5.02 Å². The zero-order valence-electron chi connectivity index (χ0n) is 11.2. The topological polar surface area (TPSA) is 60.2 Å². The van der Waals surface area contributed by atoms with Gasteiger partial charge in [0.15, 0.2) is 0 Å². The van der Waals surface area contributed by atoms with Gasteiger partial charge in [0, 0.05) is 22.0 Å². The minimum atomic E-state index is 0.362. The summed E-state index contributed by atoms with van der Waals surface area (Å²) in [6.45, 7) is 0.362. The molecule has 4 nitrogen and oxygen atoms in total. The average Bonchev–Trinajstić information content (AvgIpc) is 2.55. The highest BCUT2D eigenvalue weighted by atomic mass is 35.5. The molecule has 2 aromatic carbocycles. The van der Waals surface area contributed by atoms with Crippen LogP contribution in [0.3, 0.4) is 0 Å². The number of rotatable bonds is 4. The van der Waals surface area contributed by atoms with Crippen LogP contribution in [0.25, 0.3) is 10.8 Å². The van der Waals surface area contributed by atoms with Crippen LogP contribution in [0.4, 0.5) is 5.69 Å². The Balaban J connectivity index is 1.87. The summed E-state index contributed by atoms with van der Waals surface area (Å²) in [4.78, 5) is 4.25. The van der Waals surface area contributed by atoms with Crippen molar-refractivity contribution in [1.82, 2.24) is 4.98 Å². The van der Waals surface area contributed by atoms with Gasteiger partial charge in [-0.25, -0.2) is 0 Å². The number of hydrogen-bond donors (Lipinski definition) is 2. The Morgan fingerprint density at radius 3 is 2.71 bits per heavy atom. The second-order valence-corrected chi connectivity index (χ2v) is 4.97. The van der Waals surface area contributed by atoms with Gasteiger partial charge in [0.25, 0.3) is 0 Å². The van der Waals surface area contributed by atoms with Gasteiger partial charge in [0.05, 0.1) is 11.4 Å². The van der Waals surface area contributed by atoms with E-state index in [1.165, 1.54) is 0 Å². The molecule has 0 radical (unpaired) electrons. The zero-order valence-corrected chi connectivity index (χ0v) is 12.0. The van der Waals surface area contributed by atoms with Crippen molar-refractivity contribution in [3.05, 3.63) is 65.4 Å². The first-order valence-electron chi connectivity index (χ1n) is 6.49. The van der Waals surface area contributed by atoms with Crippen LogP contribution in [-0.4, -0.2) is 4.98 Å². The number of fused-ring (bicyclic) bond motifs is 1. The zero-order chi connectivity index (χ0) is 14.7. The highest BCUT2D eigenvalue weighted by molar-refractivity contribution is 6.35. The van der Waals surface area contributed by atoms with Crippen molar-refractivity contribution < 1.29 is 4.74 Å². The quantitative estimate of drug-likeness (QED) is 0.569. The van der Waals surface area contributed by atoms with Crippen LogP contribution in [0, 0.1) is 0 Å². The lowest BCUT2D eigenvalue weighted by molar-refractivity contribution is 0.305.